The average Bonchev–Trinajstić information content (AvgIpc) is 3.31. The Bertz CT molecular complexity index is 1160. The monoisotopic (exact) mass is 497 g/mol. The van der Waals surface area contributed by atoms with Crippen LogP contribution in [0.3, 0.4) is 0 Å². The van der Waals surface area contributed by atoms with Crippen LogP contribution in [0.4, 0.5) is 10.8 Å². The van der Waals surface area contributed by atoms with Crippen molar-refractivity contribution in [3.05, 3.63) is 58.1 Å². The molecule has 0 unspecified atom stereocenters. The van der Waals surface area contributed by atoms with Gasteiger partial charge in [0.2, 0.25) is 0 Å². The van der Waals surface area contributed by atoms with Crippen molar-refractivity contribution in [1.82, 2.24) is 15.2 Å². The molecular formula is C25H31N5O4S. The maximum Gasteiger partial charge on any atom is 0.270 e. The van der Waals surface area contributed by atoms with E-state index in [2.05, 4.69) is 27.0 Å². The first-order chi connectivity index (χ1) is 17.0. The molecule has 1 N–H and O–H groups in total. The second-order valence-corrected chi connectivity index (χ2v) is 9.58. The van der Waals surface area contributed by atoms with Gasteiger partial charge in [-0.05, 0) is 30.7 Å². The third-order valence-corrected chi connectivity index (χ3v) is 7.12. The van der Waals surface area contributed by atoms with Crippen LogP contribution in [0.25, 0.3) is 10.2 Å². The second-order valence-electron chi connectivity index (χ2n) is 8.57. The van der Waals surface area contributed by atoms with Crippen molar-refractivity contribution in [2.45, 2.75) is 26.2 Å². The van der Waals surface area contributed by atoms with Crippen molar-refractivity contribution in [3.63, 3.8) is 0 Å². The number of carbonyl (C=O) groups is 1. The van der Waals surface area contributed by atoms with E-state index in [0.29, 0.717) is 18.7 Å². The Morgan fingerprint density at radius 1 is 1.17 bits per heavy atom. The molecule has 0 saturated carbocycles. The van der Waals surface area contributed by atoms with Crippen molar-refractivity contribution in [3.8, 4) is 5.75 Å². The van der Waals surface area contributed by atoms with Crippen LogP contribution in [0.2, 0.25) is 0 Å². The topological polar surface area (TPSA) is 101 Å². The smallest absolute Gasteiger partial charge is 0.270 e. The third-order valence-electron chi connectivity index (χ3n) is 6.04. The van der Waals surface area contributed by atoms with Gasteiger partial charge in [0.25, 0.3) is 11.6 Å². The molecule has 0 atom stereocenters. The minimum Gasteiger partial charge on any atom is -0.494 e. The van der Waals surface area contributed by atoms with E-state index in [1.54, 1.807) is 24.3 Å². The number of nitrogens with zero attached hydrogens (tertiary/aromatic N) is 4. The van der Waals surface area contributed by atoms with Crippen LogP contribution >= 0.6 is 11.3 Å². The summed E-state index contributed by atoms with van der Waals surface area (Å²) in [5, 5.41) is 14.9. The molecule has 3 aromatic rings. The first-order valence-corrected chi connectivity index (χ1v) is 12.9. The summed E-state index contributed by atoms with van der Waals surface area (Å²) >= 11 is 1.49. The molecule has 1 aliphatic heterocycles. The normalized spacial score (nSPS) is 14.3. The van der Waals surface area contributed by atoms with Crippen molar-refractivity contribution >= 4 is 38.3 Å². The van der Waals surface area contributed by atoms with Gasteiger partial charge in [-0.1, -0.05) is 37.2 Å². The molecule has 35 heavy (non-hydrogen) atoms. The fourth-order valence-electron chi connectivity index (χ4n) is 4.01. The van der Waals surface area contributed by atoms with E-state index in [0.717, 1.165) is 73.1 Å². The number of unbranched alkanes of at least 4 members (excludes halogenated alkanes) is 2. The van der Waals surface area contributed by atoms with Gasteiger partial charge < -0.3 is 15.0 Å². The number of aromatic nitrogens is 1. The Labute approximate surface area is 208 Å². The van der Waals surface area contributed by atoms with E-state index in [4.69, 9.17) is 4.74 Å². The average molecular weight is 498 g/mol. The number of hydrogen-bond acceptors (Lipinski definition) is 8. The number of carbonyl (C=O) groups excluding carboxylic acids is 1. The molecule has 10 heteroatoms. The van der Waals surface area contributed by atoms with E-state index in [1.807, 2.05) is 12.1 Å². The maximum absolute atomic E-state index is 12.6. The summed E-state index contributed by atoms with van der Waals surface area (Å²) in [5.74, 6) is 0.639. The van der Waals surface area contributed by atoms with Gasteiger partial charge in [-0.2, -0.15) is 0 Å². The summed E-state index contributed by atoms with van der Waals surface area (Å²) in [5.41, 5.74) is 1.49. The van der Waals surface area contributed by atoms with Gasteiger partial charge in [-0.15, -0.1) is 0 Å². The number of anilines is 1. The minimum atomic E-state index is -0.379. The number of nitro groups is 1. The van der Waals surface area contributed by atoms with Gasteiger partial charge in [0.15, 0.2) is 5.13 Å². The number of nitrogens with one attached hydrogen (secondary N) is 1. The molecule has 0 bridgehead atoms. The lowest BCUT2D eigenvalue weighted by molar-refractivity contribution is -0.384. The van der Waals surface area contributed by atoms with E-state index in [-0.39, 0.29) is 16.5 Å². The predicted molar refractivity (Wildman–Crippen MR) is 139 cm³/mol. The molecule has 1 aromatic heterocycles. The zero-order chi connectivity index (χ0) is 24.6. The van der Waals surface area contributed by atoms with Gasteiger partial charge in [0.05, 0.1) is 21.7 Å². The predicted octanol–water partition coefficient (Wildman–Crippen LogP) is 4.33. The lowest BCUT2D eigenvalue weighted by atomic mass is 10.2. The Balaban J connectivity index is 1.21. The lowest BCUT2D eigenvalue weighted by Crippen LogP contribution is -2.48. The summed E-state index contributed by atoms with van der Waals surface area (Å²) in [6, 6.07) is 12.1. The number of benzene rings is 2. The van der Waals surface area contributed by atoms with Crippen LogP contribution in [0, 0.1) is 10.1 Å². The first kappa shape index (κ1) is 24.9. The highest BCUT2D eigenvalue weighted by atomic mass is 32.1. The van der Waals surface area contributed by atoms with Crippen LogP contribution in [-0.2, 0) is 0 Å². The third kappa shape index (κ3) is 6.67. The molecule has 1 aliphatic rings. The van der Waals surface area contributed by atoms with Crippen molar-refractivity contribution in [2.24, 2.45) is 0 Å². The molecule has 2 aromatic carbocycles. The second kappa shape index (κ2) is 11.9. The summed E-state index contributed by atoms with van der Waals surface area (Å²) in [7, 11) is 0. The fraction of sp³-hybridized carbons (Fsp3) is 0.440. The molecule has 0 radical (unpaired) electrons. The zero-order valence-corrected chi connectivity index (χ0v) is 20.8. The highest BCUT2D eigenvalue weighted by Crippen LogP contribution is 2.31. The van der Waals surface area contributed by atoms with E-state index >= 15 is 0 Å². The molecule has 2 heterocycles. The standard InChI is InChI=1S/C25H31N5O4S/c1-2-3-4-16-34-21-7-5-6-19(17-21)24(31)26-10-11-28-12-14-29(15-13-28)25-27-22-9-8-20(30(32)33)18-23(22)35-25/h5-9,17-18H,2-4,10-16H2,1H3,(H,26,31). The highest BCUT2D eigenvalue weighted by molar-refractivity contribution is 7.22. The Kier molecular flexibility index (Phi) is 8.49. The molecule has 186 valence electrons. The fourth-order valence-corrected chi connectivity index (χ4v) is 5.06. The first-order valence-electron chi connectivity index (χ1n) is 12.1. The number of thiazole rings is 1. The van der Waals surface area contributed by atoms with Crippen LogP contribution in [-0.4, -0.2) is 66.6 Å². The van der Waals surface area contributed by atoms with E-state index in [1.165, 1.54) is 17.4 Å². The maximum atomic E-state index is 12.6. The van der Waals surface area contributed by atoms with Crippen molar-refractivity contribution < 1.29 is 14.5 Å². The molecule has 4 rings (SSSR count). The van der Waals surface area contributed by atoms with E-state index < -0.39 is 0 Å². The van der Waals surface area contributed by atoms with Crippen LogP contribution in [0.5, 0.6) is 5.75 Å². The molecule has 9 nitrogen and oxygen atoms in total. The number of fused-ring (bicyclic) bond motifs is 1. The van der Waals surface area contributed by atoms with Gasteiger partial charge >= 0.3 is 0 Å². The molecule has 1 fully saturated rings. The highest BCUT2D eigenvalue weighted by Gasteiger charge is 2.20. The van der Waals surface area contributed by atoms with Gasteiger partial charge in [0, 0.05) is 57.0 Å². The quantitative estimate of drug-likeness (QED) is 0.239. The van der Waals surface area contributed by atoms with Gasteiger partial charge in [0.1, 0.15) is 5.75 Å². The van der Waals surface area contributed by atoms with Crippen molar-refractivity contribution in [2.75, 3.05) is 50.8 Å². The Morgan fingerprint density at radius 3 is 2.77 bits per heavy atom. The van der Waals surface area contributed by atoms with Crippen LogP contribution < -0.4 is 15.0 Å². The molecular weight excluding hydrogens is 466 g/mol. The SMILES string of the molecule is CCCCCOc1cccc(C(=O)NCCN2CCN(c3nc4ccc([N+](=O)[O-])cc4s3)CC2)c1. The van der Waals surface area contributed by atoms with Crippen molar-refractivity contribution in [1.29, 1.82) is 0 Å². The number of piperazine rings is 1. The number of non-ortho nitro benzene ring substituents is 1. The molecule has 1 amide bonds. The largest absolute Gasteiger partial charge is 0.494 e. The number of hydrogen-bond donors (Lipinski definition) is 1. The molecule has 0 spiro atoms. The summed E-state index contributed by atoms with van der Waals surface area (Å²) in [6.07, 6.45) is 3.30. The van der Waals surface area contributed by atoms with Gasteiger partial charge in [-0.3, -0.25) is 19.8 Å². The van der Waals surface area contributed by atoms with Crippen LogP contribution in [0.15, 0.2) is 42.5 Å². The summed E-state index contributed by atoms with van der Waals surface area (Å²) < 4.78 is 6.58. The number of amides is 1. The summed E-state index contributed by atoms with van der Waals surface area (Å²) in [4.78, 5) is 32.4. The molecule has 0 aliphatic carbocycles. The minimum absolute atomic E-state index is 0.0887. The lowest BCUT2D eigenvalue weighted by Gasteiger charge is -2.34. The Morgan fingerprint density at radius 2 is 2.00 bits per heavy atom. The number of rotatable bonds is 11. The number of nitro benzene ring substituents is 1. The van der Waals surface area contributed by atoms with E-state index in [9.17, 15) is 14.9 Å². The van der Waals surface area contributed by atoms with Gasteiger partial charge in [-0.25, -0.2) is 4.98 Å². The zero-order valence-electron chi connectivity index (χ0n) is 19.9. The Hall–Kier alpha value is -3.24. The van der Waals surface area contributed by atoms with Crippen LogP contribution in [0.1, 0.15) is 36.5 Å². The molecule has 1 saturated heterocycles. The number of ether oxygens (including phenoxy) is 1. The summed E-state index contributed by atoms with van der Waals surface area (Å²) in [6.45, 7) is 7.57.